The molecule has 2 N–H and O–H groups in total. The fourth-order valence-electron chi connectivity index (χ4n) is 8.28. The third kappa shape index (κ3) is 4.31. The summed E-state index contributed by atoms with van der Waals surface area (Å²) in [5.74, 6) is 3.19. The molecule has 4 aromatic heterocycles. The number of amides is 1. The second kappa shape index (κ2) is 10.4. The zero-order valence-corrected chi connectivity index (χ0v) is 27.6. The highest BCUT2D eigenvalue weighted by Gasteiger charge is 2.46. The van der Waals surface area contributed by atoms with E-state index in [9.17, 15) is 14.7 Å². The van der Waals surface area contributed by atoms with Crippen LogP contribution in [-0.2, 0) is 13.6 Å². The first-order valence-electron chi connectivity index (χ1n) is 16.9. The largest absolute Gasteiger partial charge is 0.507 e. The van der Waals surface area contributed by atoms with Gasteiger partial charge in [0.2, 0.25) is 0 Å². The van der Waals surface area contributed by atoms with Crippen LogP contribution in [0.5, 0.6) is 11.5 Å². The molecule has 1 aliphatic heterocycles. The van der Waals surface area contributed by atoms with E-state index in [2.05, 4.69) is 38.1 Å². The van der Waals surface area contributed by atoms with Crippen LogP contribution < -0.4 is 10.3 Å². The molecule has 0 spiro atoms. The highest BCUT2D eigenvalue weighted by Crippen LogP contribution is 2.44. The Labute approximate surface area is 277 Å². The molecule has 48 heavy (non-hydrogen) atoms. The molecular weight excluding hydrogens is 604 g/mol. The lowest BCUT2D eigenvalue weighted by Gasteiger charge is -2.27. The van der Waals surface area contributed by atoms with Gasteiger partial charge < -0.3 is 28.9 Å². The van der Waals surface area contributed by atoms with Crippen LogP contribution in [0.25, 0.3) is 55.7 Å². The lowest BCUT2D eigenvalue weighted by molar-refractivity contribution is 0.0696. The minimum atomic E-state index is -0.298. The second-order valence-corrected chi connectivity index (χ2v) is 14.1. The number of benzene rings is 2. The summed E-state index contributed by atoms with van der Waals surface area (Å²) < 4.78 is 10.2. The number of ether oxygens (including phenoxy) is 1. The first-order chi connectivity index (χ1) is 23.2. The standard InChI is InChI=1S/C38H38N6O4/c1-19-24-9-12-30(19)44(18-24)38(47)25-14-29-33(32(16-25)48-4)42(3)36(40-29)31-15-23-8-10-27(39-35(23)43(31)17-21-5-6-21)22-7-11-28-26(13-22)34(45)20(2)37(46)41-28/h7-8,10-11,13-16,19,21,24,30H,5-6,9,12,17-18H2,1-4H3,(H2,41,45,46). The third-order valence-electron chi connectivity index (χ3n) is 11.3. The summed E-state index contributed by atoms with van der Waals surface area (Å²) in [6, 6.07) is 15.9. The van der Waals surface area contributed by atoms with Crippen molar-refractivity contribution in [3.8, 4) is 34.3 Å². The van der Waals surface area contributed by atoms with Gasteiger partial charge in [0.1, 0.15) is 22.7 Å². The number of nitrogens with one attached hydrogen (secondary N) is 1. The minimum Gasteiger partial charge on any atom is -0.507 e. The molecule has 2 bridgehead atoms. The summed E-state index contributed by atoms with van der Waals surface area (Å²) in [4.78, 5) is 41.3. The molecule has 5 heterocycles. The number of fused-ring (bicyclic) bond motifs is 5. The van der Waals surface area contributed by atoms with E-state index in [1.807, 2.05) is 43.4 Å². The molecule has 1 saturated heterocycles. The first-order valence-corrected chi connectivity index (χ1v) is 16.9. The Balaban J connectivity index is 1.15. The highest BCUT2D eigenvalue weighted by atomic mass is 16.5. The van der Waals surface area contributed by atoms with E-state index in [0.29, 0.717) is 51.6 Å². The van der Waals surface area contributed by atoms with Gasteiger partial charge in [-0.15, -0.1) is 0 Å². The number of methoxy groups -OCH3 is 1. The predicted molar refractivity (Wildman–Crippen MR) is 185 cm³/mol. The van der Waals surface area contributed by atoms with Gasteiger partial charge in [0.15, 0.2) is 5.82 Å². The molecule has 2 saturated carbocycles. The van der Waals surface area contributed by atoms with Crippen LogP contribution in [0, 0.1) is 24.7 Å². The number of aromatic nitrogens is 5. The number of pyridine rings is 2. The SMILES string of the molecule is COc1cc(C(=O)N2CC3CCC2C3C)cc2nc(-c3cc4ccc(-c5ccc6[nH]c(=O)c(C)c(O)c6c5)nc4n3CC3CC3)n(C)c12. The fourth-order valence-corrected chi connectivity index (χ4v) is 8.28. The van der Waals surface area contributed by atoms with Crippen molar-refractivity contribution in [1.29, 1.82) is 0 Å². The Morgan fingerprint density at radius 2 is 1.90 bits per heavy atom. The van der Waals surface area contributed by atoms with Crippen molar-refractivity contribution in [2.24, 2.45) is 24.8 Å². The van der Waals surface area contributed by atoms with Gasteiger partial charge in [-0.05, 0) is 92.8 Å². The van der Waals surface area contributed by atoms with E-state index in [-0.39, 0.29) is 17.2 Å². The molecule has 10 heteroatoms. The Morgan fingerprint density at radius 3 is 2.62 bits per heavy atom. The summed E-state index contributed by atoms with van der Waals surface area (Å²) in [6.07, 6.45) is 4.65. The van der Waals surface area contributed by atoms with Crippen molar-refractivity contribution >= 4 is 38.9 Å². The number of aryl methyl sites for hydroxylation is 1. The van der Waals surface area contributed by atoms with Crippen molar-refractivity contribution in [2.45, 2.75) is 52.1 Å². The van der Waals surface area contributed by atoms with Crippen molar-refractivity contribution in [3.63, 3.8) is 0 Å². The summed E-state index contributed by atoms with van der Waals surface area (Å²) >= 11 is 0. The number of carbonyl (C=O) groups is 1. The lowest BCUT2D eigenvalue weighted by atomic mass is 10.0. The number of rotatable bonds is 6. The number of nitrogens with zero attached hydrogens (tertiary/aromatic N) is 5. The monoisotopic (exact) mass is 642 g/mol. The van der Waals surface area contributed by atoms with Crippen molar-refractivity contribution in [2.75, 3.05) is 13.7 Å². The van der Waals surface area contributed by atoms with E-state index in [1.54, 1.807) is 14.0 Å². The molecule has 6 aromatic rings. The van der Waals surface area contributed by atoms with Gasteiger partial charge in [0.25, 0.3) is 11.5 Å². The second-order valence-electron chi connectivity index (χ2n) is 14.1. The van der Waals surface area contributed by atoms with Crippen LogP contribution in [0.1, 0.15) is 48.5 Å². The molecule has 3 unspecified atom stereocenters. The van der Waals surface area contributed by atoms with Crippen molar-refractivity contribution in [3.05, 3.63) is 70.0 Å². The average molecular weight is 643 g/mol. The van der Waals surface area contributed by atoms with Gasteiger partial charge in [0, 0.05) is 48.1 Å². The number of piperidine rings is 1. The number of hydrogen-bond donors (Lipinski definition) is 2. The molecule has 10 nitrogen and oxygen atoms in total. The van der Waals surface area contributed by atoms with Crippen LogP contribution in [0.2, 0.25) is 0 Å². The van der Waals surface area contributed by atoms with E-state index < -0.39 is 0 Å². The smallest absolute Gasteiger partial charge is 0.255 e. The quantitative estimate of drug-likeness (QED) is 0.217. The zero-order chi connectivity index (χ0) is 33.0. The Morgan fingerprint density at radius 1 is 1.06 bits per heavy atom. The average Bonchev–Trinajstić information content (AvgIpc) is 3.50. The molecule has 244 valence electrons. The van der Waals surface area contributed by atoms with Crippen LogP contribution >= 0.6 is 0 Å². The molecule has 3 fully saturated rings. The molecule has 3 aliphatic rings. The normalized spacial score (nSPS) is 20.5. The number of H-pyrrole nitrogens is 1. The lowest BCUT2D eigenvalue weighted by Crippen LogP contribution is -2.38. The molecule has 2 aromatic carbocycles. The fraction of sp³-hybridized carbons (Fsp3) is 0.368. The maximum absolute atomic E-state index is 13.8. The number of likely N-dealkylation sites (tertiary alicyclic amines) is 1. The van der Waals surface area contributed by atoms with Crippen LogP contribution in [0.4, 0.5) is 0 Å². The van der Waals surface area contributed by atoms with Crippen LogP contribution in [-0.4, -0.2) is 59.7 Å². The van der Waals surface area contributed by atoms with Crippen LogP contribution in [0.3, 0.4) is 0 Å². The van der Waals surface area contributed by atoms with Gasteiger partial charge in [-0.1, -0.05) is 13.0 Å². The van der Waals surface area contributed by atoms with Crippen molar-refractivity contribution in [1.82, 2.24) is 29.0 Å². The van der Waals surface area contributed by atoms with Gasteiger partial charge in [-0.2, -0.15) is 0 Å². The van der Waals surface area contributed by atoms with Crippen LogP contribution in [0.15, 0.2) is 53.3 Å². The Bertz CT molecular complexity index is 2380. The van der Waals surface area contributed by atoms with E-state index >= 15 is 0 Å². The van der Waals surface area contributed by atoms with Gasteiger partial charge >= 0.3 is 0 Å². The van der Waals surface area contributed by atoms with Crippen molar-refractivity contribution < 1.29 is 14.6 Å². The maximum atomic E-state index is 13.8. The topological polar surface area (TPSA) is 118 Å². The number of aromatic hydroxyl groups is 1. The van der Waals surface area contributed by atoms with E-state index in [1.165, 1.54) is 19.3 Å². The molecule has 2 aliphatic carbocycles. The summed E-state index contributed by atoms with van der Waals surface area (Å²) in [5.41, 5.74) is 6.22. The minimum absolute atomic E-state index is 0.0135. The summed E-state index contributed by atoms with van der Waals surface area (Å²) in [6.45, 7) is 5.55. The summed E-state index contributed by atoms with van der Waals surface area (Å²) in [5, 5.41) is 12.3. The molecular formula is C38H38N6O4. The van der Waals surface area contributed by atoms with E-state index in [4.69, 9.17) is 14.7 Å². The Hall–Kier alpha value is -5.12. The molecule has 1 amide bonds. The molecule has 9 rings (SSSR count). The summed E-state index contributed by atoms with van der Waals surface area (Å²) in [7, 11) is 3.65. The van der Waals surface area contributed by atoms with E-state index in [0.717, 1.165) is 64.4 Å². The highest BCUT2D eigenvalue weighted by molar-refractivity contribution is 6.00. The number of hydrogen-bond acceptors (Lipinski definition) is 6. The first kappa shape index (κ1) is 29.1. The number of imidazole rings is 1. The maximum Gasteiger partial charge on any atom is 0.255 e. The van der Waals surface area contributed by atoms with Gasteiger partial charge in [0.05, 0.1) is 35.1 Å². The number of aromatic amines is 1. The van der Waals surface area contributed by atoms with Gasteiger partial charge in [-0.25, -0.2) is 9.97 Å². The number of carbonyl (C=O) groups excluding carboxylic acids is 1. The third-order valence-corrected chi connectivity index (χ3v) is 11.3. The van der Waals surface area contributed by atoms with Gasteiger partial charge in [-0.3, -0.25) is 9.59 Å². The molecule has 0 radical (unpaired) electrons. The zero-order valence-electron chi connectivity index (χ0n) is 27.6. The molecule has 3 atom stereocenters. The Kier molecular flexibility index (Phi) is 6.32. The predicted octanol–water partition coefficient (Wildman–Crippen LogP) is 6.40.